The van der Waals surface area contributed by atoms with Crippen LogP contribution in [-0.4, -0.2) is 22.2 Å². The molecular weight excluding hydrogens is 240 g/mol. The van der Waals surface area contributed by atoms with Crippen molar-refractivity contribution in [3.8, 4) is 0 Å². The molecule has 1 aromatic carbocycles. The summed E-state index contributed by atoms with van der Waals surface area (Å²) >= 11 is 0. The SMILES string of the molecule is Cc1nc2cc(CNC3CCC(O)CC3)ccc2o1. The minimum absolute atomic E-state index is 0.0903. The second kappa shape index (κ2) is 5.31. The molecule has 102 valence electrons. The minimum Gasteiger partial charge on any atom is -0.441 e. The van der Waals surface area contributed by atoms with Crippen LogP contribution in [-0.2, 0) is 6.54 Å². The van der Waals surface area contributed by atoms with Crippen LogP contribution in [0, 0.1) is 6.92 Å². The van der Waals surface area contributed by atoms with Crippen molar-refractivity contribution in [2.24, 2.45) is 0 Å². The molecule has 4 heteroatoms. The van der Waals surface area contributed by atoms with Gasteiger partial charge in [0.15, 0.2) is 11.5 Å². The Bertz CT molecular complexity index is 556. The van der Waals surface area contributed by atoms with E-state index in [1.54, 1.807) is 0 Å². The van der Waals surface area contributed by atoms with Gasteiger partial charge in [-0.25, -0.2) is 4.98 Å². The average Bonchev–Trinajstić information content (AvgIpc) is 2.77. The van der Waals surface area contributed by atoms with Crippen LogP contribution in [0.15, 0.2) is 22.6 Å². The maximum atomic E-state index is 9.49. The maximum Gasteiger partial charge on any atom is 0.192 e. The molecule has 1 aromatic heterocycles. The fourth-order valence-corrected chi connectivity index (χ4v) is 2.74. The van der Waals surface area contributed by atoms with Gasteiger partial charge in [0.05, 0.1) is 6.10 Å². The Balaban J connectivity index is 1.61. The number of oxazole rings is 1. The molecular formula is C15H20N2O2. The van der Waals surface area contributed by atoms with E-state index in [2.05, 4.69) is 22.4 Å². The van der Waals surface area contributed by atoms with Crippen molar-refractivity contribution in [3.63, 3.8) is 0 Å². The molecule has 2 N–H and O–H groups in total. The van der Waals surface area contributed by atoms with Crippen LogP contribution in [0.1, 0.15) is 37.1 Å². The van der Waals surface area contributed by atoms with Crippen LogP contribution in [0.3, 0.4) is 0 Å². The number of fused-ring (bicyclic) bond motifs is 1. The summed E-state index contributed by atoms with van der Waals surface area (Å²) in [4.78, 5) is 4.35. The first-order valence-corrected chi connectivity index (χ1v) is 6.98. The fraction of sp³-hybridized carbons (Fsp3) is 0.533. The van der Waals surface area contributed by atoms with Gasteiger partial charge >= 0.3 is 0 Å². The summed E-state index contributed by atoms with van der Waals surface area (Å²) in [6, 6.07) is 6.67. The minimum atomic E-state index is -0.0903. The zero-order valence-electron chi connectivity index (χ0n) is 11.2. The van der Waals surface area contributed by atoms with Gasteiger partial charge in [-0.1, -0.05) is 6.07 Å². The van der Waals surface area contributed by atoms with Crippen LogP contribution in [0.4, 0.5) is 0 Å². The third-order valence-corrected chi connectivity index (χ3v) is 3.85. The van der Waals surface area contributed by atoms with Crippen molar-refractivity contribution in [2.45, 2.75) is 51.3 Å². The zero-order valence-corrected chi connectivity index (χ0v) is 11.2. The molecule has 4 nitrogen and oxygen atoms in total. The second-order valence-corrected chi connectivity index (χ2v) is 5.42. The van der Waals surface area contributed by atoms with Gasteiger partial charge in [-0.05, 0) is 43.4 Å². The van der Waals surface area contributed by atoms with Crippen LogP contribution in [0.25, 0.3) is 11.1 Å². The first-order chi connectivity index (χ1) is 9.20. The maximum absolute atomic E-state index is 9.49. The molecule has 19 heavy (non-hydrogen) atoms. The van der Waals surface area contributed by atoms with E-state index < -0.39 is 0 Å². The fourth-order valence-electron chi connectivity index (χ4n) is 2.74. The van der Waals surface area contributed by atoms with E-state index in [4.69, 9.17) is 4.42 Å². The lowest BCUT2D eigenvalue weighted by molar-refractivity contribution is 0.116. The molecule has 1 heterocycles. The monoisotopic (exact) mass is 260 g/mol. The van der Waals surface area contributed by atoms with Gasteiger partial charge in [-0.2, -0.15) is 0 Å². The number of aliphatic hydroxyl groups excluding tert-OH is 1. The highest BCUT2D eigenvalue weighted by Gasteiger charge is 2.18. The molecule has 0 bridgehead atoms. The summed E-state index contributed by atoms with van der Waals surface area (Å²) in [5.74, 6) is 0.710. The van der Waals surface area contributed by atoms with Gasteiger partial charge in [-0.15, -0.1) is 0 Å². The summed E-state index contributed by atoms with van der Waals surface area (Å²) in [6.45, 7) is 2.72. The first-order valence-electron chi connectivity index (χ1n) is 6.98. The van der Waals surface area contributed by atoms with Gasteiger partial charge in [0.25, 0.3) is 0 Å². The third-order valence-electron chi connectivity index (χ3n) is 3.85. The van der Waals surface area contributed by atoms with Gasteiger partial charge in [0.2, 0.25) is 0 Å². The van der Waals surface area contributed by atoms with Gasteiger partial charge < -0.3 is 14.8 Å². The quantitative estimate of drug-likeness (QED) is 0.890. The molecule has 0 unspecified atom stereocenters. The number of nitrogens with zero attached hydrogens (tertiary/aromatic N) is 1. The Hall–Kier alpha value is -1.39. The molecule has 1 saturated carbocycles. The number of aliphatic hydroxyl groups is 1. The standard InChI is InChI=1S/C15H20N2O2/c1-10-17-14-8-11(2-7-15(14)19-10)9-16-12-3-5-13(18)6-4-12/h2,7-8,12-13,16,18H,3-6,9H2,1H3. The second-order valence-electron chi connectivity index (χ2n) is 5.42. The molecule has 0 atom stereocenters. The van der Waals surface area contributed by atoms with Gasteiger partial charge in [-0.3, -0.25) is 0 Å². The molecule has 3 rings (SSSR count). The van der Waals surface area contributed by atoms with Crippen molar-refractivity contribution < 1.29 is 9.52 Å². The Labute approximate surface area is 112 Å². The number of benzene rings is 1. The Morgan fingerprint density at radius 1 is 1.32 bits per heavy atom. The summed E-state index contributed by atoms with van der Waals surface area (Å²) in [5.41, 5.74) is 3.00. The molecule has 0 saturated heterocycles. The topological polar surface area (TPSA) is 58.3 Å². The third kappa shape index (κ3) is 2.96. The zero-order chi connectivity index (χ0) is 13.2. The number of aromatic nitrogens is 1. The van der Waals surface area contributed by atoms with Crippen LogP contribution in [0.2, 0.25) is 0 Å². The van der Waals surface area contributed by atoms with E-state index >= 15 is 0 Å². The van der Waals surface area contributed by atoms with Crippen LogP contribution < -0.4 is 5.32 Å². The summed E-state index contributed by atoms with van der Waals surface area (Å²) in [7, 11) is 0. The smallest absolute Gasteiger partial charge is 0.192 e. The lowest BCUT2D eigenvalue weighted by Crippen LogP contribution is -2.34. The van der Waals surface area contributed by atoms with Crippen molar-refractivity contribution in [1.29, 1.82) is 0 Å². The number of aryl methyl sites for hydroxylation is 1. The molecule has 1 fully saturated rings. The van der Waals surface area contributed by atoms with Crippen LogP contribution >= 0.6 is 0 Å². The van der Waals surface area contributed by atoms with Crippen molar-refractivity contribution in [1.82, 2.24) is 10.3 Å². The average molecular weight is 260 g/mol. The van der Waals surface area contributed by atoms with E-state index in [0.29, 0.717) is 11.9 Å². The molecule has 2 aromatic rings. The number of hydrogen-bond donors (Lipinski definition) is 2. The largest absolute Gasteiger partial charge is 0.441 e. The normalized spacial score (nSPS) is 23.9. The van der Waals surface area contributed by atoms with E-state index in [1.165, 1.54) is 5.56 Å². The highest BCUT2D eigenvalue weighted by Crippen LogP contribution is 2.20. The number of nitrogens with one attached hydrogen (secondary N) is 1. The number of hydrogen-bond acceptors (Lipinski definition) is 4. The summed E-state index contributed by atoms with van der Waals surface area (Å²) in [5, 5.41) is 13.0. The lowest BCUT2D eigenvalue weighted by Gasteiger charge is -2.26. The van der Waals surface area contributed by atoms with E-state index in [0.717, 1.165) is 43.3 Å². The molecule has 0 aliphatic heterocycles. The lowest BCUT2D eigenvalue weighted by atomic mass is 9.93. The van der Waals surface area contributed by atoms with Gasteiger partial charge in [0.1, 0.15) is 5.52 Å². The molecule has 0 amide bonds. The van der Waals surface area contributed by atoms with Crippen LogP contribution in [0.5, 0.6) is 0 Å². The van der Waals surface area contributed by atoms with Crippen molar-refractivity contribution in [2.75, 3.05) is 0 Å². The predicted molar refractivity (Wildman–Crippen MR) is 73.8 cm³/mol. The summed E-state index contributed by atoms with van der Waals surface area (Å²) < 4.78 is 5.47. The van der Waals surface area contributed by atoms with Crippen molar-refractivity contribution in [3.05, 3.63) is 29.7 Å². The number of rotatable bonds is 3. The van der Waals surface area contributed by atoms with E-state index in [9.17, 15) is 5.11 Å². The molecule has 0 spiro atoms. The van der Waals surface area contributed by atoms with Crippen molar-refractivity contribution >= 4 is 11.1 Å². The Kier molecular flexibility index (Phi) is 3.53. The molecule has 0 radical (unpaired) electrons. The Morgan fingerprint density at radius 3 is 2.89 bits per heavy atom. The highest BCUT2D eigenvalue weighted by molar-refractivity contribution is 5.73. The highest BCUT2D eigenvalue weighted by atomic mass is 16.3. The van der Waals surface area contributed by atoms with E-state index in [-0.39, 0.29) is 6.10 Å². The summed E-state index contributed by atoms with van der Waals surface area (Å²) in [6.07, 6.45) is 3.87. The molecule has 1 aliphatic rings. The predicted octanol–water partition coefficient (Wildman–Crippen LogP) is 2.53. The van der Waals surface area contributed by atoms with Gasteiger partial charge in [0, 0.05) is 19.5 Å². The van der Waals surface area contributed by atoms with E-state index in [1.807, 2.05) is 13.0 Å². The first kappa shape index (κ1) is 12.6. The molecule has 1 aliphatic carbocycles. The Morgan fingerprint density at radius 2 is 2.11 bits per heavy atom.